The molecule has 0 aliphatic rings. The van der Waals surface area contributed by atoms with E-state index >= 15 is 0 Å². The fourth-order valence-electron chi connectivity index (χ4n) is 1.72. The van der Waals surface area contributed by atoms with E-state index in [9.17, 15) is 13.6 Å². The van der Waals surface area contributed by atoms with E-state index in [-0.39, 0.29) is 11.3 Å². The summed E-state index contributed by atoms with van der Waals surface area (Å²) in [6.07, 6.45) is 3.78. The van der Waals surface area contributed by atoms with E-state index in [1.54, 1.807) is 6.07 Å². The molecular weight excluding hydrogens is 316 g/mol. The van der Waals surface area contributed by atoms with Crippen molar-refractivity contribution in [3.63, 3.8) is 0 Å². The minimum absolute atomic E-state index is 0.0266. The molecule has 0 saturated heterocycles. The van der Waals surface area contributed by atoms with E-state index in [4.69, 9.17) is 10.00 Å². The molecule has 0 radical (unpaired) electrons. The van der Waals surface area contributed by atoms with Gasteiger partial charge >= 0.3 is 0 Å². The van der Waals surface area contributed by atoms with Crippen molar-refractivity contribution in [1.29, 1.82) is 5.26 Å². The first kappa shape index (κ1) is 19.6. The molecule has 0 atom stereocenters. The summed E-state index contributed by atoms with van der Waals surface area (Å²) in [5, 5.41) is 14.1. The third-order valence-corrected chi connectivity index (χ3v) is 3.06. The van der Waals surface area contributed by atoms with Gasteiger partial charge in [0.2, 0.25) is 0 Å². The molecule has 1 rings (SSSR count). The lowest BCUT2D eigenvalue weighted by Crippen LogP contribution is -2.26. The van der Waals surface area contributed by atoms with Gasteiger partial charge in [-0.05, 0) is 25.0 Å². The molecule has 0 saturated carbocycles. The molecule has 1 amide bonds. The summed E-state index contributed by atoms with van der Waals surface area (Å²) >= 11 is 0. The average molecular weight is 337 g/mol. The summed E-state index contributed by atoms with van der Waals surface area (Å²) < 4.78 is 31.6. The molecule has 0 unspecified atom stereocenters. The topological polar surface area (TPSA) is 74.1 Å². The predicted octanol–water partition coefficient (Wildman–Crippen LogP) is 3.11. The van der Waals surface area contributed by atoms with E-state index in [2.05, 4.69) is 17.6 Å². The molecule has 0 aromatic heterocycles. The van der Waals surface area contributed by atoms with Crippen molar-refractivity contribution in [2.24, 2.45) is 0 Å². The van der Waals surface area contributed by atoms with Crippen LogP contribution >= 0.6 is 0 Å². The van der Waals surface area contributed by atoms with Crippen LogP contribution in [-0.2, 0) is 9.53 Å². The Hall–Kier alpha value is -2.46. The first-order chi connectivity index (χ1) is 11.6. The van der Waals surface area contributed by atoms with Crippen molar-refractivity contribution in [2.75, 3.05) is 25.1 Å². The number of nitriles is 1. The lowest BCUT2D eigenvalue weighted by Gasteiger charge is -2.06. The normalized spacial score (nSPS) is 11.0. The standard InChI is InChI=1S/C17H21F2N3O2/c1-2-3-8-24-9-4-7-21-17(23)13(11-20)12-22-16-6-5-14(18)10-15(16)19/h5-6,10,12,22H,2-4,7-9H2,1H3,(H,21,23)/b13-12-. The highest BCUT2D eigenvalue weighted by Crippen LogP contribution is 2.15. The maximum atomic E-state index is 13.5. The molecule has 130 valence electrons. The van der Waals surface area contributed by atoms with Gasteiger partial charge in [-0.3, -0.25) is 4.79 Å². The summed E-state index contributed by atoms with van der Waals surface area (Å²) in [6, 6.07) is 4.70. The molecule has 7 heteroatoms. The number of amides is 1. The van der Waals surface area contributed by atoms with Gasteiger partial charge in [-0.2, -0.15) is 5.26 Å². The number of carbonyl (C=O) groups is 1. The van der Waals surface area contributed by atoms with Gasteiger partial charge in [0.15, 0.2) is 0 Å². The molecule has 2 N–H and O–H groups in total. The number of carbonyl (C=O) groups excluding carboxylic acids is 1. The van der Waals surface area contributed by atoms with Crippen LogP contribution in [0.15, 0.2) is 30.0 Å². The smallest absolute Gasteiger partial charge is 0.263 e. The van der Waals surface area contributed by atoms with Crippen LogP contribution in [0.2, 0.25) is 0 Å². The summed E-state index contributed by atoms with van der Waals surface area (Å²) in [5.41, 5.74) is -0.230. The molecule has 0 spiro atoms. The molecule has 0 fully saturated rings. The Bertz CT molecular complexity index is 612. The second-order valence-electron chi connectivity index (χ2n) is 5.01. The van der Waals surface area contributed by atoms with Gasteiger partial charge in [0, 0.05) is 32.0 Å². The second kappa shape index (κ2) is 11.1. The maximum absolute atomic E-state index is 13.5. The molecule has 0 bridgehead atoms. The Labute approximate surface area is 140 Å². The lowest BCUT2D eigenvalue weighted by atomic mass is 10.2. The van der Waals surface area contributed by atoms with E-state index in [0.29, 0.717) is 32.2 Å². The van der Waals surface area contributed by atoms with Crippen molar-refractivity contribution >= 4 is 11.6 Å². The van der Waals surface area contributed by atoms with E-state index < -0.39 is 17.5 Å². The predicted molar refractivity (Wildman–Crippen MR) is 87.0 cm³/mol. The van der Waals surface area contributed by atoms with Crippen LogP contribution in [0.1, 0.15) is 26.2 Å². The van der Waals surface area contributed by atoms with Crippen molar-refractivity contribution in [2.45, 2.75) is 26.2 Å². The molecule has 24 heavy (non-hydrogen) atoms. The van der Waals surface area contributed by atoms with Crippen LogP contribution in [0.3, 0.4) is 0 Å². The maximum Gasteiger partial charge on any atom is 0.263 e. The molecule has 0 aliphatic heterocycles. The zero-order chi connectivity index (χ0) is 17.8. The number of anilines is 1. The van der Waals surface area contributed by atoms with Crippen LogP contribution in [0.5, 0.6) is 0 Å². The number of nitrogens with zero attached hydrogens (tertiary/aromatic N) is 1. The summed E-state index contributed by atoms with van der Waals surface area (Å²) in [6.45, 7) is 3.67. The highest BCUT2D eigenvalue weighted by molar-refractivity contribution is 5.97. The van der Waals surface area contributed by atoms with Crippen molar-refractivity contribution < 1.29 is 18.3 Å². The fourth-order valence-corrected chi connectivity index (χ4v) is 1.72. The molecule has 1 aromatic carbocycles. The first-order valence-corrected chi connectivity index (χ1v) is 7.76. The number of nitrogens with one attached hydrogen (secondary N) is 2. The minimum atomic E-state index is -0.812. The summed E-state index contributed by atoms with van der Waals surface area (Å²) in [4.78, 5) is 11.8. The Morgan fingerprint density at radius 2 is 2.08 bits per heavy atom. The van der Waals surface area contributed by atoms with Crippen LogP contribution in [0.4, 0.5) is 14.5 Å². The van der Waals surface area contributed by atoms with E-state index in [1.165, 1.54) is 6.07 Å². The number of benzene rings is 1. The highest BCUT2D eigenvalue weighted by atomic mass is 19.1. The lowest BCUT2D eigenvalue weighted by molar-refractivity contribution is -0.117. The Balaban J connectivity index is 2.41. The molecule has 1 aromatic rings. The minimum Gasteiger partial charge on any atom is -0.381 e. The Morgan fingerprint density at radius 3 is 2.75 bits per heavy atom. The van der Waals surface area contributed by atoms with Crippen LogP contribution in [0, 0.1) is 23.0 Å². The second-order valence-corrected chi connectivity index (χ2v) is 5.01. The van der Waals surface area contributed by atoms with Gasteiger partial charge in [0.05, 0.1) is 5.69 Å². The average Bonchev–Trinajstić information content (AvgIpc) is 2.56. The quantitative estimate of drug-likeness (QED) is 0.391. The summed E-state index contributed by atoms with van der Waals surface area (Å²) in [5.74, 6) is -2.09. The van der Waals surface area contributed by atoms with Crippen LogP contribution < -0.4 is 10.6 Å². The van der Waals surface area contributed by atoms with Crippen molar-refractivity contribution in [3.05, 3.63) is 41.6 Å². The van der Waals surface area contributed by atoms with Gasteiger partial charge in [-0.25, -0.2) is 8.78 Å². The number of unbranched alkanes of at least 4 members (excludes halogenated alkanes) is 1. The molecule has 0 aliphatic carbocycles. The van der Waals surface area contributed by atoms with Crippen LogP contribution in [-0.4, -0.2) is 25.7 Å². The number of ether oxygens (including phenoxy) is 1. The number of hydrogen-bond acceptors (Lipinski definition) is 4. The molecule has 5 nitrogen and oxygen atoms in total. The fraction of sp³-hybridized carbons (Fsp3) is 0.412. The SMILES string of the molecule is CCCCOCCCNC(=O)/C(C#N)=C\Nc1ccc(F)cc1F. The number of rotatable bonds is 10. The van der Waals surface area contributed by atoms with E-state index in [0.717, 1.165) is 25.1 Å². The van der Waals surface area contributed by atoms with Gasteiger partial charge in [-0.15, -0.1) is 0 Å². The number of halogens is 2. The van der Waals surface area contributed by atoms with Gasteiger partial charge < -0.3 is 15.4 Å². The van der Waals surface area contributed by atoms with Crippen LogP contribution in [0.25, 0.3) is 0 Å². The van der Waals surface area contributed by atoms with Crippen molar-refractivity contribution in [1.82, 2.24) is 5.32 Å². The van der Waals surface area contributed by atoms with Gasteiger partial charge in [-0.1, -0.05) is 13.3 Å². The third kappa shape index (κ3) is 7.20. The Kier molecular flexibility index (Phi) is 9.09. The van der Waals surface area contributed by atoms with Crippen molar-refractivity contribution in [3.8, 4) is 6.07 Å². The Morgan fingerprint density at radius 1 is 1.33 bits per heavy atom. The van der Waals surface area contributed by atoms with Gasteiger partial charge in [0.25, 0.3) is 5.91 Å². The highest BCUT2D eigenvalue weighted by Gasteiger charge is 2.09. The summed E-state index contributed by atoms with van der Waals surface area (Å²) in [7, 11) is 0. The number of hydrogen-bond donors (Lipinski definition) is 2. The largest absolute Gasteiger partial charge is 0.381 e. The van der Waals surface area contributed by atoms with E-state index in [1.807, 2.05) is 0 Å². The monoisotopic (exact) mass is 337 g/mol. The zero-order valence-corrected chi connectivity index (χ0v) is 13.6. The molecular formula is C17H21F2N3O2. The molecule has 0 heterocycles. The third-order valence-electron chi connectivity index (χ3n) is 3.06. The van der Waals surface area contributed by atoms with Gasteiger partial charge in [0.1, 0.15) is 23.3 Å². The zero-order valence-electron chi connectivity index (χ0n) is 13.6. The first-order valence-electron chi connectivity index (χ1n) is 7.76.